The van der Waals surface area contributed by atoms with Gasteiger partial charge in [-0.2, -0.15) is 0 Å². The van der Waals surface area contributed by atoms with E-state index < -0.39 is 21.7 Å². The van der Waals surface area contributed by atoms with Gasteiger partial charge in [0.05, 0.1) is 17.6 Å². The van der Waals surface area contributed by atoms with Crippen molar-refractivity contribution in [2.75, 3.05) is 7.11 Å². The molecule has 3 N–H and O–H groups in total. The summed E-state index contributed by atoms with van der Waals surface area (Å²) in [5.41, 5.74) is 0.525. The van der Waals surface area contributed by atoms with Crippen LogP contribution in [0.5, 0.6) is 17.4 Å². The fourth-order valence-corrected chi connectivity index (χ4v) is 3.14. The Kier molecular flexibility index (Phi) is 6.28. The van der Waals surface area contributed by atoms with Crippen LogP contribution in [0.1, 0.15) is 15.9 Å². The molecule has 0 fully saturated rings. The first-order chi connectivity index (χ1) is 14.3. The Morgan fingerprint density at radius 2 is 1.97 bits per heavy atom. The third kappa shape index (κ3) is 5.10. The molecule has 0 saturated heterocycles. The van der Waals surface area contributed by atoms with Crippen molar-refractivity contribution in [2.24, 2.45) is 5.14 Å². The van der Waals surface area contributed by atoms with Gasteiger partial charge in [-0.15, -0.1) is 0 Å². The molecule has 2 aromatic carbocycles. The lowest BCUT2D eigenvalue weighted by molar-refractivity contribution is 0.0947. The van der Waals surface area contributed by atoms with Gasteiger partial charge < -0.3 is 14.8 Å². The fourth-order valence-electron chi connectivity index (χ4n) is 2.60. The molecule has 8 nitrogen and oxygen atoms in total. The molecular formula is C20H18FN3O5S. The fraction of sp³-hybridized carbons (Fsp3) is 0.100. The van der Waals surface area contributed by atoms with E-state index in [0.717, 1.165) is 6.07 Å². The van der Waals surface area contributed by atoms with E-state index in [0.29, 0.717) is 5.56 Å². The second-order valence-corrected chi connectivity index (χ2v) is 7.68. The highest BCUT2D eigenvalue weighted by atomic mass is 32.2. The number of ether oxygens (including phenoxy) is 2. The van der Waals surface area contributed by atoms with E-state index in [4.69, 9.17) is 14.6 Å². The molecule has 0 aliphatic heterocycles. The molecule has 0 spiro atoms. The summed E-state index contributed by atoms with van der Waals surface area (Å²) in [6.45, 7) is 0.0140. The average Bonchev–Trinajstić information content (AvgIpc) is 2.71. The lowest BCUT2D eigenvalue weighted by atomic mass is 10.1. The van der Waals surface area contributed by atoms with Gasteiger partial charge >= 0.3 is 0 Å². The zero-order valence-corrected chi connectivity index (χ0v) is 16.6. The molecule has 10 heteroatoms. The van der Waals surface area contributed by atoms with Gasteiger partial charge in [-0.1, -0.05) is 12.1 Å². The summed E-state index contributed by atoms with van der Waals surface area (Å²) in [6.07, 6.45) is 1.50. The highest BCUT2D eigenvalue weighted by molar-refractivity contribution is 7.89. The van der Waals surface area contributed by atoms with Crippen LogP contribution in [0.25, 0.3) is 0 Å². The Hall–Kier alpha value is -3.50. The summed E-state index contributed by atoms with van der Waals surface area (Å²) >= 11 is 0. The number of hydrogen-bond acceptors (Lipinski definition) is 6. The minimum atomic E-state index is -3.99. The molecule has 0 aliphatic rings. The Morgan fingerprint density at radius 3 is 2.67 bits per heavy atom. The molecule has 0 saturated carbocycles. The van der Waals surface area contributed by atoms with Gasteiger partial charge in [0.15, 0.2) is 0 Å². The van der Waals surface area contributed by atoms with Crippen molar-refractivity contribution in [1.29, 1.82) is 0 Å². The van der Waals surface area contributed by atoms with Crippen LogP contribution in [-0.2, 0) is 16.6 Å². The van der Waals surface area contributed by atoms with Gasteiger partial charge in [0.1, 0.15) is 17.3 Å². The molecule has 3 rings (SSSR count). The average molecular weight is 431 g/mol. The zero-order chi connectivity index (χ0) is 21.7. The molecule has 1 aromatic heterocycles. The standard InChI is InChI=1S/C20H18FN3O5S/c1-28-18-8-7-16(30(22,26)27)11-17(18)19(25)24-12-13-4-3-9-23-20(13)29-15-6-2-5-14(21)10-15/h2-11H,12H2,1H3,(H,24,25)(H2,22,26,27). The molecule has 3 aromatic rings. The van der Waals surface area contributed by atoms with E-state index in [9.17, 15) is 17.6 Å². The van der Waals surface area contributed by atoms with Gasteiger partial charge in [0, 0.05) is 24.4 Å². The molecule has 1 heterocycles. The number of rotatable bonds is 7. The minimum Gasteiger partial charge on any atom is -0.496 e. The zero-order valence-electron chi connectivity index (χ0n) is 15.8. The molecule has 0 aliphatic carbocycles. The van der Waals surface area contributed by atoms with Gasteiger partial charge in [0.2, 0.25) is 15.9 Å². The SMILES string of the molecule is COc1ccc(S(N)(=O)=O)cc1C(=O)NCc1cccnc1Oc1cccc(F)c1. The highest BCUT2D eigenvalue weighted by Crippen LogP contribution is 2.25. The predicted molar refractivity (Wildman–Crippen MR) is 106 cm³/mol. The second kappa shape index (κ2) is 8.89. The Labute approximate surface area is 172 Å². The van der Waals surface area contributed by atoms with Crippen molar-refractivity contribution in [3.8, 4) is 17.4 Å². The molecule has 30 heavy (non-hydrogen) atoms. The largest absolute Gasteiger partial charge is 0.496 e. The number of pyridine rings is 1. The lowest BCUT2D eigenvalue weighted by Crippen LogP contribution is -2.24. The van der Waals surface area contributed by atoms with Crippen molar-refractivity contribution in [2.45, 2.75) is 11.4 Å². The molecule has 0 radical (unpaired) electrons. The maximum atomic E-state index is 13.4. The molecule has 1 amide bonds. The summed E-state index contributed by atoms with van der Waals surface area (Å²) in [5.74, 6) is -0.419. The minimum absolute atomic E-state index is 0.000476. The number of primary sulfonamides is 1. The summed E-state index contributed by atoms with van der Waals surface area (Å²) in [5, 5.41) is 7.79. The van der Waals surface area contributed by atoms with E-state index in [1.807, 2.05) is 0 Å². The summed E-state index contributed by atoms with van der Waals surface area (Å²) in [6, 6.07) is 12.6. The number of nitrogens with zero attached hydrogens (tertiary/aromatic N) is 1. The first kappa shape index (κ1) is 21.2. The number of sulfonamides is 1. The monoisotopic (exact) mass is 431 g/mol. The van der Waals surface area contributed by atoms with Gasteiger partial charge in [0.25, 0.3) is 5.91 Å². The number of methoxy groups -OCH3 is 1. The summed E-state index contributed by atoms with van der Waals surface area (Å²) in [7, 11) is -2.64. The number of nitrogens with two attached hydrogens (primary N) is 1. The second-order valence-electron chi connectivity index (χ2n) is 6.12. The van der Waals surface area contributed by atoms with Crippen molar-refractivity contribution in [1.82, 2.24) is 10.3 Å². The highest BCUT2D eigenvalue weighted by Gasteiger charge is 2.18. The first-order valence-electron chi connectivity index (χ1n) is 8.64. The number of nitrogens with one attached hydrogen (secondary N) is 1. The number of aromatic nitrogens is 1. The van der Waals surface area contributed by atoms with Crippen LogP contribution < -0.4 is 19.9 Å². The normalized spacial score (nSPS) is 11.0. The van der Waals surface area contributed by atoms with Crippen LogP contribution in [0.2, 0.25) is 0 Å². The van der Waals surface area contributed by atoms with Gasteiger partial charge in [-0.05, 0) is 36.4 Å². The van der Waals surface area contributed by atoms with Gasteiger partial charge in [-0.3, -0.25) is 4.79 Å². The predicted octanol–water partition coefficient (Wildman–Crippen LogP) is 2.60. The third-order valence-electron chi connectivity index (χ3n) is 4.04. The van der Waals surface area contributed by atoms with E-state index in [2.05, 4.69) is 10.3 Å². The van der Waals surface area contributed by atoms with Crippen molar-refractivity contribution >= 4 is 15.9 Å². The molecule has 0 bridgehead atoms. The number of carbonyl (C=O) groups is 1. The van der Waals surface area contributed by atoms with E-state index >= 15 is 0 Å². The van der Waals surface area contributed by atoms with E-state index in [-0.39, 0.29) is 34.4 Å². The van der Waals surface area contributed by atoms with Crippen LogP contribution >= 0.6 is 0 Å². The Bertz CT molecular complexity index is 1180. The van der Waals surface area contributed by atoms with E-state index in [1.165, 1.54) is 43.6 Å². The van der Waals surface area contributed by atoms with E-state index in [1.54, 1.807) is 18.2 Å². The van der Waals surface area contributed by atoms with Crippen LogP contribution in [0.4, 0.5) is 4.39 Å². The van der Waals surface area contributed by atoms with Crippen molar-refractivity contribution in [3.05, 3.63) is 77.7 Å². The molecule has 156 valence electrons. The van der Waals surface area contributed by atoms with Crippen molar-refractivity contribution < 1.29 is 27.1 Å². The number of benzene rings is 2. The van der Waals surface area contributed by atoms with Crippen LogP contribution in [0.15, 0.2) is 65.7 Å². The quantitative estimate of drug-likeness (QED) is 0.593. The topological polar surface area (TPSA) is 121 Å². The number of carbonyl (C=O) groups excluding carboxylic acids is 1. The maximum absolute atomic E-state index is 13.4. The number of hydrogen-bond donors (Lipinski definition) is 2. The molecule has 0 atom stereocenters. The smallest absolute Gasteiger partial charge is 0.255 e. The Morgan fingerprint density at radius 1 is 1.17 bits per heavy atom. The lowest BCUT2D eigenvalue weighted by Gasteiger charge is -2.13. The molecular weight excluding hydrogens is 413 g/mol. The maximum Gasteiger partial charge on any atom is 0.255 e. The number of halogens is 1. The van der Waals surface area contributed by atoms with Crippen LogP contribution in [-0.4, -0.2) is 26.4 Å². The van der Waals surface area contributed by atoms with Crippen molar-refractivity contribution in [3.63, 3.8) is 0 Å². The third-order valence-corrected chi connectivity index (χ3v) is 4.96. The first-order valence-corrected chi connectivity index (χ1v) is 10.2. The summed E-state index contributed by atoms with van der Waals surface area (Å²) < 4.78 is 47.3. The van der Waals surface area contributed by atoms with Crippen LogP contribution in [0, 0.1) is 5.82 Å². The summed E-state index contributed by atoms with van der Waals surface area (Å²) in [4.78, 5) is 16.6. The Balaban J connectivity index is 1.80. The molecule has 0 unspecified atom stereocenters. The number of amides is 1. The van der Waals surface area contributed by atoms with Crippen LogP contribution in [0.3, 0.4) is 0 Å². The van der Waals surface area contributed by atoms with Gasteiger partial charge in [-0.25, -0.2) is 22.9 Å².